The van der Waals surface area contributed by atoms with E-state index in [1.54, 1.807) is 31.2 Å². The molecule has 9 heteroatoms. The van der Waals surface area contributed by atoms with E-state index in [4.69, 9.17) is 34.8 Å². The van der Waals surface area contributed by atoms with Crippen LogP contribution in [0, 0.1) is 5.82 Å². The van der Waals surface area contributed by atoms with Crippen LogP contribution in [0.25, 0.3) is 0 Å². The Balaban J connectivity index is 2.20. The van der Waals surface area contributed by atoms with E-state index in [2.05, 4.69) is 5.32 Å². The predicted molar refractivity (Wildman–Crippen MR) is 132 cm³/mol. The van der Waals surface area contributed by atoms with Gasteiger partial charge in [0.2, 0.25) is 11.8 Å². The van der Waals surface area contributed by atoms with Gasteiger partial charge in [0.05, 0.1) is 5.75 Å². The molecule has 32 heavy (non-hydrogen) atoms. The molecular formula is C23H26Cl3FN2O2S. The molecule has 0 spiro atoms. The summed E-state index contributed by atoms with van der Waals surface area (Å²) in [6.07, 6.45) is 0. The maximum Gasteiger partial charge on any atom is 0.242 e. The van der Waals surface area contributed by atoms with Crippen LogP contribution in [0.4, 0.5) is 4.39 Å². The predicted octanol–water partition coefficient (Wildman–Crippen LogP) is 6.35. The molecule has 0 aliphatic rings. The fourth-order valence-corrected chi connectivity index (χ4v) is 4.67. The largest absolute Gasteiger partial charge is 0.350 e. The molecule has 0 fully saturated rings. The third-order valence-electron chi connectivity index (χ3n) is 4.59. The van der Waals surface area contributed by atoms with Gasteiger partial charge in [-0.15, -0.1) is 11.8 Å². The summed E-state index contributed by atoms with van der Waals surface area (Å²) in [6.45, 7) is 7.31. The van der Waals surface area contributed by atoms with Crippen molar-refractivity contribution < 1.29 is 14.0 Å². The molecule has 2 aromatic carbocycles. The highest BCUT2D eigenvalue weighted by atomic mass is 35.5. The standard InChI is InChI=1S/C23H26Cl3FN2O2S/c1-14(22(31)28-23(2,3)4)29(11-15-17(24)7-5-8-18(15)25)21(30)13-32-12-16-19(26)9-6-10-20(16)27/h5-10,14H,11-13H2,1-4H3,(H,28,31). The van der Waals surface area contributed by atoms with Crippen LogP contribution < -0.4 is 5.32 Å². The Bertz CT molecular complexity index is 942. The van der Waals surface area contributed by atoms with Gasteiger partial charge in [-0.1, -0.05) is 46.9 Å². The van der Waals surface area contributed by atoms with E-state index < -0.39 is 17.4 Å². The maximum atomic E-state index is 14.0. The van der Waals surface area contributed by atoms with Crippen molar-refractivity contribution in [2.75, 3.05) is 5.75 Å². The van der Waals surface area contributed by atoms with Crippen LogP contribution in [0.5, 0.6) is 0 Å². The lowest BCUT2D eigenvalue weighted by molar-refractivity contribution is -0.139. The molecule has 4 nitrogen and oxygen atoms in total. The number of nitrogens with one attached hydrogen (secondary N) is 1. The van der Waals surface area contributed by atoms with E-state index in [9.17, 15) is 14.0 Å². The SMILES string of the molecule is CC(C(=O)NC(C)(C)C)N(Cc1c(Cl)cccc1Cl)C(=O)CSCc1c(F)cccc1Cl. The van der Waals surface area contributed by atoms with Crippen LogP contribution in [-0.4, -0.2) is 34.0 Å². The highest BCUT2D eigenvalue weighted by molar-refractivity contribution is 7.99. The Kier molecular flexibility index (Phi) is 9.70. The van der Waals surface area contributed by atoms with Crippen LogP contribution in [-0.2, 0) is 21.9 Å². The molecule has 0 saturated heterocycles. The maximum absolute atomic E-state index is 14.0. The van der Waals surface area contributed by atoms with E-state index in [0.717, 1.165) is 0 Å². The number of thioether (sulfide) groups is 1. The van der Waals surface area contributed by atoms with Gasteiger partial charge in [-0.2, -0.15) is 0 Å². The summed E-state index contributed by atoms with van der Waals surface area (Å²) < 4.78 is 14.0. The molecule has 1 unspecified atom stereocenters. The van der Waals surface area contributed by atoms with Crippen molar-refractivity contribution in [1.82, 2.24) is 10.2 Å². The topological polar surface area (TPSA) is 49.4 Å². The molecule has 0 heterocycles. The zero-order chi connectivity index (χ0) is 24.1. The van der Waals surface area contributed by atoms with Gasteiger partial charge >= 0.3 is 0 Å². The Morgan fingerprint density at radius 3 is 2.09 bits per heavy atom. The monoisotopic (exact) mass is 518 g/mol. The minimum absolute atomic E-state index is 0.0277. The first kappa shape index (κ1) is 26.8. The van der Waals surface area contributed by atoms with E-state index in [0.29, 0.717) is 26.2 Å². The van der Waals surface area contributed by atoms with Crippen molar-refractivity contribution in [2.45, 2.75) is 51.6 Å². The van der Waals surface area contributed by atoms with E-state index in [-0.39, 0.29) is 29.9 Å². The third kappa shape index (κ3) is 7.55. The van der Waals surface area contributed by atoms with Gasteiger partial charge in [-0.25, -0.2) is 4.39 Å². The summed E-state index contributed by atoms with van der Waals surface area (Å²) in [4.78, 5) is 27.4. The zero-order valence-corrected chi connectivity index (χ0v) is 21.4. The summed E-state index contributed by atoms with van der Waals surface area (Å²) in [6, 6.07) is 8.76. The molecule has 1 N–H and O–H groups in total. The normalized spacial score (nSPS) is 12.4. The lowest BCUT2D eigenvalue weighted by atomic mass is 10.1. The Morgan fingerprint density at radius 1 is 1.03 bits per heavy atom. The van der Waals surface area contributed by atoms with Crippen molar-refractivity contribution >= 4 is 58.4 Å². The summed E-state index contributed by atoms with van der Waals surface area (Å²) in [7, 11) is 0. The number of nitrogens with zero attached hydrogens (tertiary/aromatic N) is 1. The van der Waals surface area contributed by atoms with Crippen LogP contribution in [0.1, 0.15) is 38.8 Å². The quantitative estimate of drug-likeness (QED) is 0.442. The van der Waals surface area contributed by atoms with Crippen LogP contribution in [0.3, 0.4) is 0 Å². The first-order chi connectivity index (χ1) is 14.9. The number of hydrogen-bond donors (Lipinski definition) is 1. The van der Waals surface area contributed by atoms with Crippen molar-refractivity contribution in [3.63, 3.8) is 0 Å². The Labute approximate surface area is 207 Å². The zero-order valence-electron chi connectivity index (χ0n) is 18.3. The molecule has 1 atom stereocenters. The van der Waals surface area contributed by atoms with Crippen LogP contribution in [0.2, 0.25) is 15.1 Å². The molecule has 0 aliphatic carbocycles. The van der Waals surface area contributed by atoms with Crippen molar-refractivity contribution in [2.24, 2.45) is 0 Å². The minimum atomic E-state index is -0.772. The number of hydrogen-bond acceptors (Lipinski definition) is 3. The van der Waals surface area contributed by atoms with E-state index in [1.165, 1.54) is 28.8 Å². The number of carbonyl (C=O) groups is 2. The molecule has 0 radical (unpaired) electrons. The lowest BCUT2D eigenvalue weighted by Crippen LogP contribution is -2.52. The Morgan fingerprint density at radius 2 is 1.56 bits per heavy atom. The summed E-state index contributed by atoms with van der Waals surface area (Å²) in [5.74, 6) is -0.762. The van der Waals surface area contributed by atoms with Gasteiger partial charge in [0, 0.05) is 44.0 Å². The Hall–Kier alpha value is -1.47. The molecule has 0 aromatic heterocycles. The fourth-order valence-electron chi connectivity index (χ4n) is 2.90. The summed E-state index contributed by atoms with van der Waals surface area (Å²) in [5.41, 5.74) is 0.436. The molecule has 174 valence electrons. The van der Waals surface area contributed by atoms with Crippen molar-refractivity contribution in [3.05, 3.63) is 68.4 Å². The number of carbonyl (C=O) groups excluding carboxylic acids is 2. The first-order valence-corrected chi connectivity index (χ1v) is 12.2. The molecule has 0 bridgehead atoms. The molecule has 2 aromatic rings. The number of halogens is 4. The van der Waals surface area contributed by atoms with Gasteiger partial charge in [0.25, 0.3) is 0 Å². The number of amides is 2. The van der Waals surface area contributed by atoms with Crippen LogP contribution >= 0.6 is 46.6 Å². The highest BCUT2D eigenvalue weighted by Gasteiger charge is 2.29. The molecule has 2 amide bonds. The average Bonchev–Trinajstić information content (AvgIpc) is 2.68. The smallest absolute Gasteiger partial charge is 0.242 e. The summed E-state index contributed by atoms with van der Waals surface area (Å²) >= 11 is 19.9. The average molecular weight is 520 g/mol. The second kappa shape index (κ2) is 11.6. The molecular weight excluding hydrogens is 494 g/mol. The van der Waals surface area contributed by atoms with Crippen molar-refractivity contribution in [1.29, 1.82) is 0 Å². The summed E-state index contributed by atoms with van der Waals surface area (Å²) in [5, 5.41) is 4.02. The van der Waals surface area contributed by atoms with Gasteiger partial charge < -0.3 is 10.2 Å². The third-order valence-corrected chi connectivity index (χ3v) is 6.60. The number of rotatable bonds is 8. The highest BCUT2D eigenvalue weighted by Crippen LogP contribution is 2.28. The second-order valence-electron chi connectivity index (χ2n) is 8.33. The van der Waals surface area contributed by atoms with Gasteiger partial charge in [0.1, 0.15) is 11.9 Å². The van der Waals surface area contributed by atoms with Crippen molar-refractivity contribution in [3.8, 4) is 0 Å². The minimum Gasteiger partial charge on any atom is -0.350 e. The molecule has 0 saturated carbocycles. The first-order valence-electron chi connectivity index (χ1n) is 9.95. The second-order valence-corrected chi connectivity index (χ2v) is 10.5. The lowest BCUT2D eigenvalue weighted by Gasteiger charge is -2.32. The molecule has 0 aliphatic heterocycles. The number of benzene rings is 2. The van der Waals surface area contributed by atoms with Crippen LogP contribution in [0.15, 0.2) is 36.4 Å². The fraction of sp³-hybridized carbons (Fsp3) is 0.391. The molecule has 2 rings (SSSR count). The van der Waals surface area contributed by atoms with Gasteiger partial charge in [-0.05, 0) is 52.0 Å². The van der Waals surface area contributed by atoms with Gasteiger partial charge in [-0.3, -0.25) is 9.59 Å². The van der Waals surface area contributed by atoms with E-state index >= 15 is 0 Å². The van der Waals surface area contributed by atoms with Gasteiger partial charge in [0.15, 0.2) is 0 Å². The van der Waals surface area contributed by atoms with E-state index in [1.807, 2.05) is 20.8 Å².